The van der Waals surface area contributed by atoms with Crippen molar-refractivity contribution in [3.05, 3.63) is 0 Å². The number of amides is 1. The van der Waals surface area contributed by atoms with Gasteiger partial charge in [0.15, 0.2) is 0 Å². The molecule has 1 atom stereocenters. The molecule has 5 nitrogen and oxygen atoms in total. The number of carbonyl (C=O) groups is 1. The van der Waals surface area contributed by atoms with Crippen LogP contribution in [-0.4, -0.2) is 67.5 Å². The second-order valence-corrected chi connectivity index (χ2v) is 8.67. The van der Waals surface area contributed by atoms with Crippen molar-refractivity contribution in [3.63, 3.8) is 0 Å². The number of thioether (sulfide) groups is 1. The molecule has 2 aliphatic rings. The molecular formula is C17H32N2O3S. The van der Waals surface area contributed by atoms with E-state index >= 15 is 0 Å². The number of carbonyl (C=O) groups excluding carboxylic acids is 1. The van der Waals surface area contributed by atoms with Crippen molar-refractivity contribution in [2.75, 3.05) is 44.9 Å². The first-order valence-corrected chi connectivity index (χ1v) is 10.0. The van der Waals surface area contributed by atoms with Crippen molar-refractivity contribution < 1.29 is 14.3 Å². The van der Waals surface area contributed by atoms with Crippen molar-refractivity contribution in [1.29, 1.82) is 0 Å². The minimum atomic E-state index is -0.441. The van der Waals surface area contributed by atoms with Crippen LogP contribution in [0.15, 0.2) is 0 Å². The van der Waals surface area contributed by atoms with Crippen molar-refractivity contribution >= 4 is 17.9 Å². The zero-order valence-corrected chi connectivity index (χ0v) is 15.8. The fourth-order valence-corrected chi connectivity index (χ4v) is 3.93. The molecule has 0 aromatic heterocycles. The molecule has 1 spiro atoms. The SMILES string of the molecule is CSCCCNC1CN(C(=O)OC(C)(C)C)CC12CCOCC2. The van der Waals surface area contributed by atoms with Gasteiger partial charge in [-0.1, -0.05) is 0 Å². The Balaban J connectivity index is 1.98. The quantitative estimate of drug-likeness (QED) is 0.777. The van der Waals surface area contributed by atoms with E-state index in [0.717, 1.165) is 52.1 Å². The Hall–Kier alpha value is -0.460. The van der Waals surface area contributed by atoms with E-state index < -0.39 is 5.60 Å². The highest BCUT2D eigenvalue weighted by molar-refractivity contribution is 7.98. The predicted octanol–water partition coefficient (Wildman–Crippen LogP) is 2.75. The van der Waals surface area contributed by atoms with Gasteiger partial charge in [0, 0.05) is 37.8 Å². The molecule has 23 heavy (non-hydrogen) atoms. The summed E-state index contributed by atoms with van der Waals surface area (Å²) in [5.74, 6) is 1.17. The third-order valence-corrected chi connectivity index (χ3v) is 5.40. The first-order valence-electron chi connectivity index (χ1n) is 8.64. The van der Waals surface area contributed by atoms with E-state index in [1.165, 1.54) is 5.75 Å². The molecule has 1 unspecified atom stereocenters. The maximum absolute atomic E-state index is 12.5. The number of rotatable bonds is 5. The van der Waals surface area contributed by atoms with E-state index in [0.29, 0.717) is 6.04 Å². The van der Waals surface area contributed by atoms with Gasteiger partial charge in [0.2, 0.25) is 0 Å². The molecule has 0 aromatic rings. The molecule has 1 amide bonds. The van der Waals surface area contributed by atoms with Crippen molar-refractivity contribution in [1.82, 2.24) is 10.2 Å². The van der Waals surface area contributed by atoms with Crippen LogP contribution in [0.2, 0.25) is 0 Å². The van der Waals surface area contributed by atoms with Gasteiger partial charge in [-0.2, -0.15) is 11.8 Å². The second kappa shape index (κ2) is 8.08. The van der Waals surface area contributed by atoms with E-state index in [1.807, 2.05) is 37.4 Å². The average molecular weight is 345 g/mol. The molecule has 0 aliphatic carbocycles. The Bertz CT molecular complexity index is 392. The third kappa shape index (κ3) is 5.26. The molecule has 0 bridgehead atoms. The standard InChI is InChI=1S/C17H32N2O3S/c1-16(2,3)22-15(20)19-12-14(18-8-5-11-23-4)17(13-19)6-9-21-10-7-17/h14,18H,5-13H2,1-4H3. The van der Waals surface area contributed by atoms with Crippen molar-refractivity contribution in [3.8, 4) is 0 Å². The Kier molecular flexibility index (Phi) is 6.63. The number of nitrogens with one attached hydrogen (secondary N) is 1. The number of likely N-dealkylation sites (tertiary alicyclic amines) is 1. The topological polar surface area (TPSA) is 50.8 Å². The highest BCUT2D eigenvalue weighted by Crippen LogP contribution is 2.40. The average Bonchev–Trinajstić information content (AvgIpc) is 2.81. The number of nitrogens with zero attached hydrogens (tertiary/aromatic N) is 1. The Morgan fingerprint density at radius 3 is 2.70 bits per heavy atom. The van der Waals surface area contributed by atoms with E-state index in [4.69, 9.17) is 9.47 Å². The van der Waals surface area contributed by atoms with Crippen LogP contribution >= 0.6 is 11.8 Å². The van der Waals surface area contributed by atoms with E-state index in [2.05, 4.69) is 11.6 Å². The van der Waals surface area contributed by atoms with Gasteiger partial charge in [-0.3, -0.25) is 0 Å². The summed E-state index contributed by atoms with van der Waals surface area (Å²) in [7, 11) is 0. The van der Waals surface area contributed by atoms with Crippen LogP contribution in [0.3, 0.4) is 0 Å². The zero-order valence-electron chi connectivity index (χ0n) is 15.0. The predicted molar refractivity (Wildman–Crippen MR) is 95.1 cm³/mol. The lowest BCUT2D eigenvalue weighted by molar-refractivity contribution is 0.00211. The highest BCUT2D eigenvalue weighted by Gasteiger charge is 2.49. The molecule has 2 rings (SSSR count). The van der Waals surface area contributed by atoms with Gasteiger partial charge < -0.3 is 19.7 Å². The fourth-order valence-electron chi connectivity index (χ4n) is 3.49. The van der Waals surface area contributed by atoms with Gasteiger partial charge >= 0.3 is 6.09 Å². The van der Waals surface area contributed by atoms with Gasteiger partial charge in [-0.15, -0.1) is 0 Å². The zero-order chi connectivity index (χ0) is 16.9. The number of hydrogen-bond donors (Lipinski definition) is 1. The molecule has 2 heterocycles. The third-order valence-electron chi connectivity index (χ3n) is 4.70. The smallest absolute Gasteiger partial charge is 0.410 e. The van der Waals surface area contributed by atoms with Gasteiger partial charge in [-0.05, 0) is 58.6 Å². The monoisotopic (exact) mass is 344 g/mol. The number of hydrogen-bond acceptors (Lipinski definition) is 5. The molecule has 1 N–H and O–H groups in total. The normalized spacial score (nSPS) is 24.2. The summed E-state index contributed by atoms with van der Waals surface area (Å²) >= 11 is 1.88. The Morgan fingerprint density at radius 1 is 1.39 bits per heavy atom. The molecule has 2 fully saturated rings. The lowest BCUT2D eigenvalue weighted by atomic mass is 9.76. The molecule has 6 heteroatoms. The molecule has 134 valence electrons. The first-order chi connectivity index (χ1) is 10.9. The maximum Gasteiger partial charge on any atom is 0.410 e. The summed E-state index contributed by atoms with van der Waals surface area (Å²) in [4.78, 5) is 14.3. The van der Waals surface area contributed by atoms with Crippen LogP contribution in [0.5, 0.6) is 0 Å². The summed E-state index contributed by atoms with van der Waals surface area (Å²) in [6.45, 7) is 9.89. The van der Waals surface area contributed by atoms with Crippen LogP contribution in [0.25, 0.3) is 0 Å². The van der Waals surface area contributed by atoms with E-state index in [-0.39, 0.29) is 11.5 Å². The molecule has 0 aromatic carbocycles. The maximum atomic E-state index is 12.5. The summed E-state index contributed by atoms with van der Waals surface area (Å²) in [6.07, 6.45) is 5.16. The van der Waals surface area contributed by atoms with Gasteiger partial charge in [-0.25, -0.2) is 4.79 Å². The summed E-state index contributed by atoms with van der Waals surface area (Å²) < 4.78 is 11.1. The molecule has 0 radical (unpaired) electrons. The van der Waals surface area contributed by atoms with Crippen LogP contribution in [0.4, 0.5) is 4.79 Å². The minimum absolute atomic E-state index is 0.147. The largest absolute Gasteiger partial charge is 0.444 e. The highest BCUT2D eigenvalue weighted by atomic mass is 32.2. The molecular weight excluding hydrogens is 312 g/mol. The van der Waals surface area contributed by atoms with Gasteiger partial charge in [0.05, 0.1) is 0 Å². The molecule has 2 saturated heterocycles. The Morgan fingerprint density at radius 2 is 2.09 bits per heavy atom. The van der Waals surface area contributed by atoms with Crippen molar-refractivity contribution in [2.24, 2.45) is 5.41 Å². The minimum Gasteiger partial charge on any atom is -0.444 e. The van der Waals surface area contributed by atoms with Crippen LogP contribution in [0.1, 0.15) is 40.0 Å². The second-order valence-electron chi connectivity index (χ2n) is 7.69. The van der Waals surface area contributed by atoms with Crippen LogP contribution < -0.4 is 5.32 Å². The van der Waals surface area contributed by atoms with Crippen LogP contribution in [-0.2, 0) is 9.47 Å². The lowest BCUT2D eigenvalue weighted by Crippen LogP contribution is -2.47. The molecule has 2 aliphatic heterocycles. The summed E-state index contributed by atoms with van der Waals surface area (Å²) in [5, 5.41) is 3.71. The van der Waals surface area contributed by atoms with E-state index in [9.17, 15) is 4.79 Å². The summed E-state index contributed by atoms with van der Waals surface area (Å²) in [6, 6.07) is 0.348. The van der Waals surface area contributed by atoms with E-state index in [1.54, 1.807) is 0 Å². The molecule has 0 saturated carbocycles. The number of ether oxygens (including phenoxy) is 2. The van der Waals surface area contributed by atoms with Crippen molar-refractivity contribution in [2.45, 2.75) is 51.7 Å². The first kappa shape index (κ1) is 18.9. The van der Waals surface area contributed by atoms with Gasteiger partial charge in [0.25, 0.3) is 0 Å². The van der Waals surface area contributed by atoms with Crippen LogP contribution in [0, 0.1) is 5.41 Å². The summed E-state index contributed by atoms with van der Waals surface area (Å²) in [5.41, 5.74) is -0.293. The van der Waals surface area contributed by atoms with Gasteiger partial charge in [0.1, 0.15) is 5.60 Å². The Labute approximate surface area is 144 Å². The fraction of sp³-hybridized carbons (Fsp3) is 0.941. The lowest BCUT2D eigenvalue weighted by Gasteiger charge is -2.38.